The number of phenolic OH excluding ortho intramolecular Hbond substituents is 2. The number of hydrogen-bond acceptors (Lipinski definition) is 2. The topological polar surface area (TPSA) is 40.5 Å². The van der Waals surface area contributed by atoms with Crippen molar-refractivity contribution in [2.75, 3.05) is 0 Å². The van der Waals surface area contributed by atoms with E-state index in [9.17, 15) is 10.2 Å². The molecular weight excluding hydrogens is 440 g/mol. The molecule has 2 heteroatoms. The van der Waals surface area contributed by atoms with E-state index in [1.54, 1.807) is 0 Å². The van der Waals surface area contributed by atoms with E-state index in [1.165, 1.54) is 12.1 Å². The molecule has 0 saturated heterocycles. The second-order valence-electron chi connectivity index (χ2n) is 8.27. The van der Waals surface area contributed by atoms with Crippen LogP contribution in [0.2, 0.25) is 0 Å². The summed E-state index contributed by atoms with van der Waals surface area (Å²) in [5.41, 5.74) is 6.83. The number of phenols is 2. The highest BCUT2D eigenvalue weighted by Crippen LogP contribution is 2.27. The van der Waals surface area contributed by atoms with E-state index in [0.717, 1.165) is 33.4 Å². The van der Waals surface area contributed by atoms with Crippen LogP contribution in [-0.2, 0) is 0 Å². The number of rotatable bonds is 2. The van der Waals surface area contributed by atoms with Crippen molar-refractivity contribution in [3.8, 4) is 57.4 Å². The SMILES string of the molecule is Oc1cc(C#Cc2ccc(-c3ccccc3)cc2)c(O)cc1C#Cc1ccc(-c2ccccc2)cc1. The molecule has 0 amide bonds. The van der Waals surface area contributed by atoms with Crippen molar-refractivity contribution in [1.82, 2.24) is 0 Å². The van der Waals surface area contributed by atoms with Gasteiger partial charge in [0.1, 0.15) is 11.5 Å². The molecule has 0 fully saturated rings. The van der Waals surface area contributed by atoms with Crippen molar-refractivity contribution in [2.24, 2.45) is 0 Å². The molecule has 0 aliphatic carbocycles. The third-order valence-electron chi connectivity index (χ3n) is 5.78. The van der Waals surface area contributed by atoms with E-state index in [1.807, 2.05) is 84.9 Å². The number of hydrogen-bond donors (Lipinski definition) is 2. The van der Waals surface area contributed by atoms with E-state index in [2.05, 4.69) is 47.9 Å². The highest BCUT2D eigenvalue weighted by Gasteiger charge is 2.06. The molecule has 0 unspecified atom stereocenters. The van der Waals surface area contributed by atoms with Crippen LogP contribution >= 0.6 is 0 Å². The smallest absolute Gasteiger partial charge is 0.132 e. The lowest BCUT2D eigenvalue weighted by Gasteiger charge is -2.03. The van der Waals surface area contributed by atoms with Gasteiger partial charge in [0.05, 0.1) is 11.1 Å². The lowest BCUT2D eigenvalue weighted by molar-refractivity contribution is 0.457. The Hall–Kier alpha value is -5.18. The fourth-order valence-electron chi connectivity index (χ4n) is 3.81. The molecular formula is C34H22O2. The van der Waals surface area contributed by atoms with Gasteiger partial charge in [0.25, 0.3) is 0 Å². The molecule has 5 aromatic rings. The minimum absolute atomic E-state index is 0.0232. The highest BCUT2D eigenvalue weighted by atomic mass is 16.3. The van der Waals surface area contributed by atoms with Crippen LogP contribution in [-0.4, -0.2) is 10.2 Å². The average molecular weight is 463 g/mol. The molecule has 0 aliphatic heterocycles. The fraction of sp³-hybridized carbons (Fsp3) is 0. The Balaban J connectivity index is 1.32. The van der Waals surface area contributed by atoms with E-state index >= 15 is 0 Å². The normalized spacial score (nSPS) is 10.0. The zero-order valence-corrected chi connectivity index (χ0v) is 19.4. The molecule has 0 heterocycles. The average Bonchev–Trinajstić information content (AvgIpc) is 2.94. The van der Waals surface area contributed by atoms with E-state index in [-0.39, 0.29) is 11.5 Å². The Morgan fingerprint density at radius 3 is 1.06 bits per heavy atom. The van der Waals surface area contributed by atoms with Crippen LogP contribution in [0, 0.1) is 23.7 Å². The monoisotopic (exact) mass is 462 g/mol. The maximum Gasteiger partial charge on any atom is 0.132 e. The summed E-state index contributed by atoms with van der Waals surface area (Å²) in [7, 11) is 0. The fourth-order valence-corrected chi connectivity index (χ4v) is 3.81. The van der Waals surface area contributed by atoms with Gasteiger partial charge in [-0.05, 0) is 46.5 Å². The molecule has 0 spiro atoms. The summed E-state index contributed by atoms with van der Waals surface area (Å²) in [6.07, 6.45) is 0. The van der Waals surface area contributed by atoms with Gasteiger partial charge in [-0.25, -0.2) is 0 Å². The molecule has 5 aromatic carbocycles. The van der Waals surface area contributed by atoms with E-state index in [0.29, 0.717) is 11.1 Å². The van der Waals surface area contributed by atoms with Crippen molar-refractivity contribution in [1.29, 1.82) is 0 Å². The summed E-state index contributed by atoms with van der Waals surface area (Å²) in [6, 6.07) is 39.0. The van der Waals surface area contributed by atoms with Crippen LogP contribution in [0.5, 0.6) is 11.5 Å². The molecule has 0 aliphatic rings. The van der Waals surface area contributed by atoms with Crippen molar-refractivity contribution < 1.29 is 10.2 Å². The van der Waals surface area contributed by atoms with Crippen LogP contribution in [0.15, 0.2) is 121 Å². The van der Waals surface area contributed by atoms with Gasteiger partial charge < -0.3 is 10.2 Å². The standard InChI is InChI=1S/C34H22O2/c35-33-24-32(22-16-26-13-19-30(20-14-26)28-9-5-2-6-10-28)34(36)23-31(33)21-15-25-11-17-29(18-12-25)27-7-3-1-4-8-27/h1-14,17-20,23-24,35-36H. The third kappa shape index (κ3) is 5.31. The molecule has 0 aromatic heterocycles. The minimum atomic E-state index is -0.0232. The van der Waals surface area contributed by atoms with Crippen molar-refractivity contribution >= 4 is 0 Å². The zero-order chi connectivity index (χ0) is 24.7. The van der Waals surface area contributed by atoms with E-state index in [4.69, 9.17) is 0 Å². The number of aromatic hydroxyl groups is 2. The zero-order valence-electron chi connectivity index (χ0n) is 19.4. The predicted molar refractivity (Wildman–Crippen MR) is 145 cm³/mol. The van der Waals surface area contributed by atoms with Gasteiger partial charge in [0, 0.05) is 23.3 Å². The summed E-state index contributed by atoms with van der Waals surface area (Å²) < 4.78 is 0. The first kappa shape index (κ1) is 22.6. The Labute approximate surface area is 211 Å². The summed E-state index contributed by atoms with van der Waals surface area (Å²) in [5, 5.41) is 20.9. The molecule has 5 rings (SSSR count). The summed E-state index contributed by atoms with van der Waals surface area (Å²) in [5.74, 6) is 11.9. The van der Waals surface area contributed by atoms with Gasteiger partial charge in [0.15, 0.2) is 0 Å². The van der Waals surface area contributed by atoms with E-state index < -0.39 is 0 Å². The second-order valence-corrected chi connectivity index (χ2v) is 8.27. The first-order valence-corrected chi connectivity index (χ1v) is 11.6. The molecule has 36 heavy (non-hydrogen) atoms. The van der Waals surface area contributed by atoms with Crippen LogP contribution in [0.25, 0.3) is 22.3 Å². The van der Waals surface area contributed by atoms with Gasteiger partial charge in [-0.3, -0.25) is 0 Å². The Bertz CT molecular complexity index is 1480. The summed E-state index contributed by atoms with van der Waals surface area (Å²) >= 11 is 0. The quantitative estimate of drug-likeness (QED) is 0.215. The lowest BCUT2D eigenvalue weighted by Crippen LogP contribution is -1.84. The lowest BCUT2D eigenvalue weighted by atomic mass is 10.0. The third-order valence-corrected chi connectivity index (χ3v) is 5.78. The van der Waals surface area contributed by atoms with Crippen molar-refractivity contribution in [3.05, 3.63) is 144 Å². The Morgan fingerprint density at radius 1 is 0.361 bits per heavy atom. The van der Waals surface area contributed by atoms with Gasteiger partial charge >= 0.3 is 0 Å². The summed E-state index contributed by atoms with van der Waals surface area (Å²) in [6.45, 7) is 0. The second kappa shape index (κ2) is 10.4. The maximum absolute atomic E-state index is 10.5. The Kier molecular flexibility index (Phi) is 6.53. The molecule has 2 nitrogen and oxygen atoms in total. The van der Waals surface area contributed by atoms with Crippen LogP contribution in [0.1, 0.15) is 22.3 Å². The first-order chi connectivity index (χ1) is 17.7. The summed E-state index contributed by atoms with van der Waals surface area (Å²) in [4.78, 5) is 0. The first-order valence-electron chi connectivity index (χ1n) is 11.6. The van der Waals surface area contributed by atoms with Crippen LogP contribution in [0.4, 0.5) is 0 Å². The molecule has 0 radical (unpaired) electrons. The van der Waals surface area contributed by atoms with Gasteiger partial charge in [-0.1, -0.05) is 109 Å². The van der Waals surface area contributed by atoms with Crippen LogP contribution in [0.3, 0.4) is 0 Å². The Morgan fingerprint density at radius 2 is 0.694 bits per heavy atom. The molecule has 0 atom stereocenters. The predicted octanol–water partition coefficient (Wildman–Crippen LogP) is 7.23. The minimum Gasteiger partial charge on any atom is -0.507 e. The van der Waals surface area contributed by atoms with Crippen LogP contribution < -0.4 is 0 Å². The van der Waals surface area contributed by atoms with Gasteiger partial charge in [-0.15, -0.1) is 0 Å². The molecule has 0 saturated carbocycles. The maximum atomic E-state index is 10.5. The molecule has 2 N–H and O–H groups in total. The van der Waals surface area contributed by atoms with Crippen molar-refractivity contribution in [2.45, 2.75) is 0 Å². The molecule has 170 valence electrons. The van der Waals surface area contributed by atoms with Gasteiger partial charge in [0.2, 0.25) is 0 Å². The highest BCUT2D eigenvalue weighted by molar-refractivity contribution is 5.66. The molecule has 0 bridgehead atoms. The van der Waals surface area contributed by atoms with Gasteiger partial charge in [-0.2, -0.15) is 0 Å². The number of benzene rings is 5. The van der Waals surface area contributed by atoms with Crippen molar-refractivity contribution in [3.63, 3.8) is 0 Å². The largest absolute Gasteiger partial charge is 0.507 e.